The van der Waals surface area contributed by atoms with E-state index in [1.807, 2.05) is 44.8 Å². The highest BCUT2D eigenvalue weighted by Crippen LogP contribution is 2.37. The van der Waals surface area contributed by atoms with Gasteiger partial charge in [-0.05, 0) is 101 Å². The van der Waals surface area contributed by atoms with Gasteiger partial charge in [0, 0.05) is 55.4 Å². The smallest absolute Gasteiger partial charge is 0.399 e. The van der Waals surface area contributed by atoms with Gasteiger partial charge in [-0.1, -0.05) is 27.7 Å². The number of aliphatic hydroxyl groups excluding tert-OH is 1. The Bertz CT molecular complexity index is 1060. The fourth-order valence-electron chi connectivity index (χ4n) is 4.80. The maximum atomic E-state index is 8.48. The molecule has 2 aliphatic heterocycles. The Balaban J connectivity index is 0.000000262. The van der Waals surface area contributed by atoms with Gasteiger partial charge in [0.05, 0.1) is 22.4 Å². The van der Waals surface area contributed by atoms with Crippen molar-refractivity contribution in [3.05, 3.63) is 24.8 Å². The Kier molecular flexibility index (Phi) is 15.3. The molecule has 4 heterocycles. The monoisotopic (exact) mass is 632 g/mol. The zero-order chi connectivity index (χ0) is 33.9. The van der Waals surface area contributed by atoms with E-state index in [0.29, 0.717) is 6.61 Å². The molecule has 0 amide bonds. The van der Waals surface area contributed by atoms with Gasteiger partial charge < -0.3 is 33.5 Å². The van der Waals surface area contributed by atoms with Crippen molar-refractivity contribution in [2.24, 2.45) is 0 Å². The Morgan fingerprint density at radius 3 is 1.56 bits per heavy atom. The van der Waals surface area contributed by atoms with Crippen LogP contribution in [0.4, 0.5) is 0 Å². The molecule has 2 N–H and O–H groups in total. The molecule has 13 heteroatoms. The van der Waals surface area contributed by atoms with Crippen molar-refractivity contribution in [2.45, 2.75) is 125 Å². The molecule has 0 radical (unpaired) electrons. The highest BCUT2D eigenvalue weighted by atomic mass is 16.7. The normalized spacial score (nSPS) is 19.4. The molecule has 4 rings (SSSR count). The summed E-state index contributed by atoms with van der Waals surface area (Å²) in [6, 6.07) is 0. The van der Waals surface area contributed by atoms with E-state index in [4.69, 9.17) is 23.7 Å². The topological polar surface area (TPSA) is 110 Å². The third-order valence-electron chi connectivity index (χ3n) is 9.51. The van der Waals surface area contributed by atoms with Gasteiger partial charge in [0.1, 0.15) is 0 Å². The summed E-state index contributed by atoms with van der Waals surface area (Å²) >= 11 is 0. The summed E-state index contributed by atoms with van der Waals surface area (Å²) < 4.78 is 25.8. The predicted octanol–water partition coefficient (Wildman–Crippen LogP) is 3.33. The second-order valence-electron chi connectivity index (χ2n) is 13.7. The number of aromatic nitrogens is 4. The number of nitrogens with zero attached hydrogens (tertiary/aromatic N) is 5. The van der Waals surface area contributed by atoms with E-state index in [1.54, 1.807) is 12.4 Å². The molecule has 45 heavy (non-hydrogen) atoms. The zero-order valence-electron chi connectivity index (χ0n) is 30.4. The van der Waals surface area contributed by atoms with Crippen LogP contribution in [0.5, 0.6) is 0 Å². The highest BCUT2D eigenvalue weighted by molar-refractivity contribution is 6.62. The lowest BCUT2D eigenvalue weighted by atomic mass is 9.82. The summed E-state index contributed by atoms with van der Waals surface area (Å²) in [6.07, 6.45) is 9.43. The molecule has 0 aliphatic carbocycles. The summed E-state index contributed by atoms with van der Waals surface area (Å²) in [7, 11) is -0.625. The highest BCUT2D eigenvalue weighted by Gasteiger charge is 2.53. The van der Waals surface area contributed by atoms with Crippen LogP contribution in [0.25, 0.3) is 0 Å². The van der Waals surface area contributed by atoms with Gasteiger partial charge in [-0.3, -0.25) is 9.78 Å². The molecule has 11 nitrogen and oxygen atoms in total. The maximum absolute atomic E-state index is 8.48. The molecule has 0 unspecified atom stereocenters. The van der Waals surface area contributed by atoms with Crippen molar-refractivity contribution in [2.75, 3.05) is 45.9 Å². The lowest BCUT2D eigenvalue weighted by Gasteiger charge is -2.32. The summed E-state index contributed by atoms with van der Waals surface area (Å²) in [5.74, 6) is 0. The zero-order valence-corrected chi connectivity index (χ0v) is 30.4. The first-order chi connectivity index (χ1) is 21.1. The van der Waals surface area contributed by atoms with Crippen LogP contribution < -0.4 is 10.9 Å². The number of nitrogens with one attached hydrogen (secondary N) is 1. The number of H-pyrrole nitrogens is 1. The summed E-state index contributed by atoms with van der Waals surface area (Å²) in [5.41, 5.74) is 0.764. The average molecular weight is 633 g/mol. The molecule has 0 spiro atoms. The van der Waals surface area contributed by atoms with E-state index in [0.717, 1.165) is 69.6 Å². The van der Waals surface area contributed by atoms with Gasteiger partial charge in [0.25, 0.3) is 0 Å². The fourth-order valence-corrected chi connectivity index (χ4v) is 4.80. The van der Waals surface area contributed by atoms with Crippen LogP contribution in [-0.2, 0) is 25.2 Å². The van der Waals surface area contributed by atoms with Gasteiger partial charge in [-0.15, -0.1) is 0 Å². The first kappa shape index (κ1) is 39.4. The van der Waals surface area contributed by atoms with Crippen LogP contribution in [0.15, 0.2) is 24.8 Å². The standard InChI is InChI=1S/C16H30BN3O2.C9H15BN2O2.C7H17NO/c1-7-19(8-2)10-9-11-20-13-14(12-18-20)17-21-15(3,4)16(5,6)22-17;1-8(2)9(3,4)14-10(13-8)7-5-11-12-6-7;1-3-8(4-2)6-5-7-9/h12-13H,7-11H2,1-6H3;5-6H,1-4H3,(H,11,12);9H,3-7H2,1-2H3. The number of rotatable bonds is 13. The van der Waals surface area contributed by atoms with E-state index in [9.17, 15) is 0 Å². The van der Waals surface area contributed by atoms with Gasteiger partial charge in [0.2, 0.25) is 0 Å². The first-order valence-corrected chi connectivity index (χ1v) is 16.8. The van der Waals surface area contributed by atoms with Crippen LogP contribution >= 0.6 is 0 Å². The van der Waals surface area contributed by atoms with Crippen molar-refractivity contribution in [3.63, 3.8) is 0 Å². The number of aliphatic hydroxyl groups is 1. The molecule has 256 valence electrons. The van der Waals surface area contributed by atoms with Crippen molar-refractivity contribution < 1.29 is 23.7 Å². The number of hydrogen-bond acceptors (Lipinski definition) is 9. The van der Waals surface area contributed by atoms with E-state index >= 15 is 0 Å². The molecular weight excluding hydrogens is 570 g/mol. The summed E-state index contributed by atoms with van der Waals surface area (Å²) in [4.78, 5) is 4.73. The van der Waals surface area contributed by atoms with E-state index in [2.05, 4.69) is 80.5 Å². The SMILES string of the molecule is CC1(C)OB(c2cn[nH]c2)OC1(C)C.CCN(CC)CCCO.CCN(CC)CCCn1cc(B2OC(C)(C)C(C)(C)O2)cn1. The minimum Gasteiger partial charge on any atom is -0.399 e. The lowest BCUT2D eigenvalue weighted by molar-refractivity contribution is 0.00578. The molecule has 2 aromatic rings. The van der Waals surface area contributed by atoms with Crippen LogP contribution in [0.1, 0.15) is 95.9 Å². The lowest BCUT2D eigenvalue weighted by Crippen LogP contribution is -2.41. The van der Waals surface area contributed by atoms with Gasteiger partial charge in [-0.25, -0.2) is 0 Å². The fraction of sp³-hybridized carbons (Fsp3) is 0.812. The molecule has 0 bridgehead atoms. The molecule has 0 aromatic carbocycles. The molecule has 2 fully saturated rings. The summed E-state index contributed by atoms with van der Waals surface area (Å²) in [5, 5.41) is 19.6. The van der Waals surface area contributed by atoms with Gasteiger partial charge in [-0.2, -0.15) is 10.2 Å². The van der Waals surface area contributed by atoms with Crippen molar-refractivity contribution in [3.8, 4) is 0 Å². The van der Waals surface area contributed by atoms with E-state index < -0.39 is 0 Å². The minimum absolute atomic E-state index is 0.283. The van der Waals surface area contributed by atoms with E-state index in [-0.39, 0.29) is 36.6 Å². The Labute approximate surface area is 274 Å². The molecule has 2 aromatic heterocycles. The second-order valence-corrected chi connectivity index (χ2v) is 13.7. The third-order valence-corrected chi connectivity index (χ3v) is 9.51. The second kappa shape index (κ2) is 17.4. The van der Waals surface area contributed by atoms with Crippen molar-refractivity contribution in [1.29, 1.82) is 0 Å². The van der Waals surface area contributed by atoms with Crippen LogP contribution in [0, 0.1) is 0 Å². The van der Waals surface area contributed by atoms with Crippen molar-refractivity contribution in [1.82, 2.24) is 29.8 Å². The van der Waals surface area contributed by atoms with Gasteiger partial charge >= 0.3 is 14.2 Å². The molecule has 0 saturated carbocycles. The summed E-state index contributed by atoms with van der Waals surface area (Å²) in [6.45, 7) is 32.9. The predicted molar refractivity (Wildman–Crippen MR) is 184 cm³/mol. The average Bonchev–Trinajstić information content (AvgIpc) is 3.75. The molecule has 0 atom stereocenters. The van der Waals surface area contributed by atoms with Gasteiger partial charge in [0.15, 0.2) is 0 Å². The number of hydrogen-bond donors (Lipinski definition) is 2. The van der Waals surface area contributed by atoms with E-state index in [1.165, 1.54) is 0 Å². The minimum atomic E-state index is -0.318. The molecule has 2 saturated heterocycles. The number of aromatic amines is 1. The Morgan fingerprint density at radius 1 is 0.711 bits per heavy atom. The van der Waals surface area contributed by atoms with Crippen LogP contribution in [0.2, 0.25) is 0 Å². The maximum Gasteiger partial charge on any atom is 0.498 e. The Morgan fingerprint density at radius 2 is 1.16 bits per heavy atom. The largest absolute Gasteiger partial charge is 0.498 e. The third kappa shape index (κ3) is 11.2. The Hall–Kier alpha value is -1.73. The first-order valence-electron chi connectivity index (χ1n) is 16.8. The molecular formula is C32H62B2N6O5. The van der Waals surface area contributed by atoms with Crippen molar-refractivity contribution >= 4 is 25.2 Å². The molecule has 2 aliphatic rings. The van der Waals surface area contributed by atoms with Crippen LogP contribution in [-0.4, -0.2) is 117 Å². The number of aryl methyl sites for hydroxylation is 1. The van der Waals surface area contributed by atoms with Crippen LogP contribution in [0.3, 0.4) is 0 Å². The quantitative estimate of drug-likeness (QED) is 0.322.